The second kappa shape index (κ2) is 7.25. The van der Waals surface area contributed by atoms with Crippen LogP contribution in [0.5, 0.6) is 0 Å². The summed E-state index contributed by atoms with van der Waals surface area (Å²) >= 11 is 0. The van der Waals surface area contributed by atoms with E-state index < -0.39 is 0 Å². The summed E-state index contributed by atoms with van der Waals surface area (Å²) in [6, 6.07) is 10.2. The molecule has 5 heteroatoms. The molecule has 27 heavy (non-hydrogen) atoms. The molecule has 0 radical (unpaired) electrons. The monoisotopic (exact) mass is 363 g/mol. The lowest BCUT2D eigenvalue weighted by atomic mass is 9.94. The van der Waals surface area contributed by atoms with Crippen LogP contribution >= 0.6 is 0 Å². The van der Waals surface area contributed by atoms with Crippen molar-refractivity contribution in [1.29, 1.82) is 0 Å². The van der Waals surface area contributed by atoms with Gasteiger partial charge in [-0.2, -0.15) is 0 Å². The first-order valence-electron chi connectivity index (χ1n) is 9.43. The second-order valence-electron chi connectivity index (χ2n) is 7.62. The third kappa shape index (κ3) is 3.53. The van der Waals surface area contributed by atoms with Crippen molar-refractivity contribution in [3.63, 3.8) is 0 Å². The topological polar surface area (TPSA) is 69.2 Å². The van der Waals surface area contributed by atoms with Gasteiger partial charge in [0.15, 0.2) is 5.43 Å². The highest BCUT2D eigenvalue weighted by Gasteiger charge is 2.32. The van der Waals surface area contributed by atoms with Gasteiger partial charge in [0.05, 0.1) is 11.6 Å². The number of nitrogens with zero attached hydrogens (tertiary/aromatic N) is 2. The maximum absolute atomic E-state index is 12.2. The number of hydrogen-bond acceptors (Lipinski definition) is 4. The van der Waals surface area contributed by atoms with Crippen molar-refractivity contribution in [2.45, 2.75) is 32.9 Å². The zero-order valence-corrected chi connectivity index (χ0v) is 15.8. The van der Waals surface area contributed by atoms with Crippen LogP contribution in [-0.4, -0.2) is 39.2 Å². The molecule has 2 atom stereocenters. The van der Waals surface area contributed by atoms with Gasteiger partial charge in [-0.3, -0.25) is 14.7 Å². The highest BCUT2D eigenvalue weighted by molar-refractivity contribution is 5.81. The van der Waals surface area contributed by atoms with E-state index in [2.05, 4.69) is 27.0 Å². The number of aromatic amines is 1. The van der Waals surface area contributed by atoms with E-state index in [1.807, 2.05) is 38.2 Å². The van der Waals surface area contributed by atoms with Crippen LogP contribution in [-0.2, 0) is 13.0 Å². The van der Waals surface area contributed by atoms with Crippen molar-refractivity contribution in [3.8, 4) is 0 Å². The van der Waals surface area contributed by atoms with Crippen LogP contribution in [0, 0.1) is 19.8 Å². The van der Waals surface area contributed by atoms with E-state index in [4.69, 9.17) is 0 Å². The Hall–Kier alpha value is -2.50. The zero-order valence-electron chi connectivity index (χ0n) is 15.8. The Bertz CT molecular complexity index is 1020. The predicted molar refractivity (Wildman–Crippen MR) is 107 cm³/mol. The Kier molecular flexibility index (Phi) is 4.81. The lowest BCUT2D eigenvalue weighted by Crippen LogP contribution is -2.24. The number of aliphatic hydroxyl groups excluding tert-OH is 1. The molecular formula is C22H25N3O2. The van der Waals surface area contributed by atoms with Crippen molar-refractivity contribution in [2.24, 2.45) is 5.92 Å². The fourth-order valence-corrected chi connectivity index (χ4v) is 4.08. The first kappa shape index (κ1) is 17.9. The van der Waals surface area contributed by atoms with Gasteiger partial charge in [0.25, 0.3) is 0 Å². The first-order valence-corrected chi connectivity index (χ1v) is 9.43. The summed E-state index contributed by atoms with van der Waals surface area (Å²) in [4.78, 5) is 22.1. The van der Waals surface area contributed by atoms with E-state index in [1.165, 1.54) is 5.56 Å². The SMILES string of the molecule is Cc1c[nH]c(CN2CC(O)C(Cc3ccnc4ccccc34)C2)c(C)c1=O. The Balaban J connectivity index is 1.50. The molecule has 1 aliphatic heterocycles. The van der Waals surface area contributed by atoms with Crippen LogP contribution in [0.4, 0.5) is 0 Å². The smallest absolute Gasteiger partial charge is 0.187 e. The summed E-state index contributed by atoms with van der Waals surface area (Å²) in [5.74, 6) is 0.174. The fraction of sp³-hybridized carbons (Fsp3) is 0.364. The van der Waals surface area contributed by atoms with Crippen molar-refractivity contribution < 1.29 is 5.11 Å². The van der Waals surface area contributed by atoms with Gasteiger partial charge in [-0.1, -0.05) is 18.2 Å². The molecule has 4 rings (SSSR count). The molecule has 5 nitrogen and oxygen atoms in total. The van der Waals surface area contributed by atoms with E-state index >= 15 is 0 Å². The number of benzene rings is 1. The first-order chi connectivity index (χ1) is 13.0. The number of likely N-dealkylation sites (tertiary alicyclic amines) is 1. The molecule has 3 heterocycles. The number of nitrogens with one attached hydrogen (secondary N) is 1. The number of fused-ring (bicyclic) bond motifs is 1. The minimum atomic E-state index is -0.366. The van der Waals surface area contributed by atoms with Crippen molar-refractivity contribution in [2.75, 3.05) is 13.1 Å². The number of rotatable bonds is 4. The fourth-order valence-electron chi connectivity index (χ4n) is 4.08. The predicted octanol–water partition coefficient (Wildman–Crippen LogP) is 2.58. The van der Waals surface area contributed by atoms with Gasteiger partial charge in [-0.15, -0.1) is 0 Å². The number of aryl methyl sites for hydroxylation is 1. The van der Waals surface area contributed by atoms with Gasteiger partial charge in [0.2, 0.25) is 0 Å². The number of aliphatic hydroxyl groups is 1. The van der Waals surface area contributed by atoms with E-state index in [-0.39, 0.29) is 17.5 Å². The largest absolute Gasteiger partial charge is 0.391 e. The van der Waals surface area contributed by atoms with Gasteiger partial charge in [0, 0.05) is 60.2 Å². The lowest BCUT2D eigenvalue weighted by molar-refractivity contribution is 0.141. The summed E-state index contributed by atoms with van der Waals surface area (Å²) in [5, 5.41) is 11.8. The molecule has 1 saturated heterocycles. The summed E-state index contributed by atoms with van der Waals surface area (Å²) in [6.45, 7) is 5.79. The Morgan fingerprint density at radius 3 is 2.89 bits per heavy atom. The van der Waals surface area contributed by atoms with Gasteiger partial charge in [-0.25, -0.2) is 0 Å². The highest BCUT2D eigenvalue weighted by atomic mass is 16.3. The summed E-state index contributed by atoms with van der Waals surface area (Å²) in [5.41, 5.74) is 4.77. The Morgan fingerprint density at radius 2 is 2.04 bits per heavy atom. The Labute approximate surface area is 158 Å². The van der Waals surface area contributed by atoms with Crippen molar-refractivity contribution in [3.05, 3.63) is 75.3 Å². The molecule has 0 amide bonds. The molecule has 1 aromatic carbocycles. The number of hydrogen-bond donors (Lipinski definition) is 2. The maximum atomic E-state index is 12.2. The number of H-pyrrole nitrogens is 1. The molecule has 0 saturated carbocycles. The molecule has 1 fully saturated rings. The van der Waals surface area contributed by atoms with E-state index in [0.29, 0.717) is 13.1 Å². The Morgan fingerprint density at radius 1 is 1.22 bits per heavy atom. The lowest BCUT2D eigenvalue weighted by Gasteiger charge is -2.17. The van der Waals surface area contributed by atoms with Crippen LogP contribution in [0.3, 0.4) is 0 Å². The summed E-state index contributed by atoms with van der Waals surface area (Å²) in [6.07, 6.45) is 4.08. The van der Waals surface area contributed by atoms with E-state index in [9.17, 15) is 9.90 Å². The molecule has 2 aromatic heterocycles. The third-order valence-corrected chi connectivity index (χ3v) is 5.70. The van der Waals surface area contributed by atoms with Crippen LogP contribution in [0.1, 0.15) is 22.4 Å². The number of para-hydroxylation sites is 1. The van der Waals surface area contributed by atoms with E-state index in [0.717, 1.165) is 40.7 Å². The average molecular weight is 363 g/mol. The van der Waals surface area contributed by atoms with Gasteiger partial charge in [-0.05, 0) is 38.0 Å². The number of β-amino-alcohol motifs (C(OH)–C–C–N with tert-alkyl or cyclic N) is 1. The third-order valence-electron chi connectivity index (χ3n) is 5.70. The zero-order chi connectivity index (χ0) is 19.0. The van der Waals surface area contributed by atoms with Crippen molar-refractivity contribution in [1.82, 2.24) is 14.9 Å². The van der Waals surface area contributed by atoms with Crippen LogP contribution in [0.2, 0.25) is 0 Å². The van der Waals surface area contributed by atoms with E-state index in [1.54, 1.807) is 6.20 Å². The molecule has 0 bridgehead atoms. The molecule has 140 valence electrons. The summed E-state index contributed by atoms with van der Waals surface area (Å²) in [7, 11) is 0. The van der Waals surface area contributed by atoms with Gasteiger partial charge < -0.3 is 10.1 Å². The van der Waals surface area contributed by atoms with Crippen LogP contribution in [0.25, 0.3) is 10.9 Å². The van der Waals surface area contributed by atoms with Crippen LogP contribution in [0.15, 0.2) is 47.5 Å². The number of pyridine rings is 2. The second-order valence-corrected chi connectivity index (χ2v) is 7.62. The van der Waals surface area contributed by atoms with Gasteiger partial charge in [0.1, 0.15) is 0 Å². The molecule has 0 aliphatic carbocycles. The molecular weight excluding hydrogens is 338 g/mol. The molecule has 3 aromatic rings. The quantitative estimate of drug-likeness (QED) is 0.748. The minimum Gasteiger partial charge on any atom is -0.391 e. The van der Waals surface area contributed by atoms with Gasteiger partial charge >= 0.3 is 0 Å². The van der Waals surface area contributed by atoms with Crippen molar-refractivity contribution >= 4 is 10.9 Å². The normalized spacial score (nSPS) is 20.4. The maximum Gasteiger partial charge on any atom is 0.187 e. The summed E-state index contributed by atoms with van der Waals surface area (Å²) < 4.78 is 0. The average Bonchev–Trinajstić information content (AvgIpc) is 3.01. The van der Waals surface area contributed by atoms with Crippen LogP contribution < -0.4 is 5.43 Å². The highest BCUT2D eigenvalue weighted by Crippen LogP contribution is 2.26. The number of aromatic nitrogens is 2. The minimum absolute atomic E-state index is 0.100. The molecule has 1 aliphatic rings. The standard InChI is InChI=1S/C22H25N3O2/c1-14-10-24-20(15(2)22(14)27)12-25-11-17(21(26)13-25)9-16-7-8-23-19-6-4-3-5-18(16)19/h3-8,10,17,21,26H,9,11-13H2,1-2H3,(H,24,27). The molecule has 2 unspecified atom stereocenters. The molecule has 0 spiro atoms. The molecule has 2 N–H and O–H groups in total.